The summed E-state index contributed by atoms with van der Waals surface area (Å²) in [5, 5.41) is 17.7. The Labute approximate surface area is 88.7 Å². The van der Waals surface area contributed by atoms with E-state index in [1.807, 2.05) is 6.07 Å². The molecule has 1 aromatic rings. The van der Waals surface area contributed by atoms with E-state index >= 15 is 0 Å². The average molecular weight is 207 g/mol. The second-order valence-corrected chi connectivity index (χ2v) is 3.03. The third-order valence-electron chi connectivity index (χ3n) is 1.96. The molecule has 0 amide bonds. The van der Waals surface area contributed by atoms with Crippen molar-refractivity contribution in [1.29, 1.82) is 5.26 Å². The van der Waals surface area contributed by atoms with Gasteiger partial charge < -0.3 is 14.6 Å². The molecule has 1 aromatic carbocycles. The molecule has 0 fully saturated rings. The van der Waals surface area contributed by atoms with Crippen LogP contribution < -0.4 is 9.47 Å². The predicted molar refractivity (Wildman–Crippen MR) is 54.7 cm³/mol. The van der Waals surface area contributed by atoms with Crippen molar-refractivity contribution in [3.05, 3.63) is 23.8 Å². The van der Waals surface area contributed by atoms with Crippen molar-refractivity contribution in [3.63, 3.8) is 0 Å². The number of nitriles is 1. The fraction of sp³-hybridized carbons (Fsp3) is 0.364. The number of hydrogen-bond donors (Lipinski definition) is 1. The molecule has 4 heteroatoms. The quantitative estimate of drug-likeness (QED) is 0.815. The maximum Gasteiger partial charge on any atom is 0.174 e. The minimum absolute atomic E-state index is 0.0234. The largest absolute Gasteiger partial charge is 0.493 e. The number of ether oxygens (including phenoxy) is 2. The van der Waals surface area contributed by atoms with Crippen LogP contribution in [0.2, 0.25) is 0 Å². The van der Waals surface area contributed by atoms with Crippen LogP contribution in [0.1, 0.15) is 18.6 Å². The molecule has 0 aliphatic carbocycles. The summed E-state index contributed by atoms with van der Waals surface area (Å²) in [5.74, 6) is 1.02. The Hall–Kier alpha value is -1.73. The average Bonchev–Trinajstić information content (AvgIpc) is 2.25. The zero-order chi connectivity index (χ0) is 11.3. The highest BCUT2D eigenvalue weighted by molar-refractivity contribution is 5.43. The standard InChI is InChI=1S/C11H13NO3/c1-8(13)9-3-4-10(15-6-5-12)11(7-9)14-2/h3-4,7-8,13H,6H2,1-2H3/t8-/m0/s1. The molecule has 0 spiro atoms. The number of methoxy groups -OCH3 is 1. The third-order valence-corrected chi connectivity index (χ3v) is 1.96. The predicted octanol–water partition coefficient (Wildman–Crippen LogP) is 1.65. The molecule has 1 N–H and O–H groups in total. The topological polar surface area (TPSA) is 62.5 Å². The number of rotatable bonds is 4. The molecular formula is C11H13NO3. The van der Waals surface area contributed by atoms with Gasteiger partial charge in [0.05, 0.1) is 13.2 Å². The summed E-state index contributed by atoms with van der Waals surface area (Å²) in [5.41, 5.74) is 0.746. The first-order valence-electron chi connectivity index (χ1n) is 4.54. The molecule has 4 nitrogen and oxygen atoms in total. The van der Waals surface area contributed by atoms with Gasteiger partial charge in [-0.3, -0.25) is 0 Å². The summed E-state index contributed by atoms with van der Waals surface area (Å²) in [4.78, 5) is 0. The van der Waals surface area contributed by atoms with Crippen molar-refractivity contribution in [2.75, 3.05) is 13.7 Å². The van der Waals surface area contributed by atoms with E-state index in [0.717, 1.165) is 5.56 Å². The molecule has 0 radical (unpaired) electrons. The van der Waals surface area contributed by atoms with E-state index in [0.29, 0.717) is 11.5 Å². The van der Waals surface area contributed by atoms with Gasteiger partial charge in [0.1, 0.15) is 6.07 Å². The van der Waals surface area contributed by atoms with Crippen LogP contribution in [-0.4, -0.2) is 18.8 Å². The maximum absolute atomic E-state index is 9.36. The highest BCUT2D eigenvalue weighted by Gasteiger charge is 2.08. The van der Waals surface area contributed by atoms with Crippen molar-refractivity contribution >= 4 is 0 Å². The lowest BCUT2D eigenvalue weighted by Crippen LogP contribution is -1.98. The van der Waals surface area contributed by atoms with Crippen LogP contribution >= 0.6 is 0 Å². The normalized spacial score (nSPS) is 11.6. The molecule has 0 bridgehead atoms. The number of benzene rings is 1. The summed E-state index contributed by atoms with van der Waals surface area (Å²) in [6.45, 7) is 1.65. The fourth-order valence-corrected chi connectivity index (χ4v) is 1.17. The van der Waals surface area contributed by atoms with Gasteiger partial charge in [-0.1, -0.05) is 6.07 Å². The summed E-state index contributed by atoms with van der Waals surface area (Å²) >= 11 is 0. The third kappa shape index (κ3) is 2.86. The smallest absolute Gasteiger partial charge is 0.174 e. The minimum atomic E-state index is -0.552. The van der Waals surface area contributed by atoms with Gasteiger partial charge in [0.25, 0.3) is 0 Å². The first kappa shape index (κ1) is 11.3. The first-order valence-corrected chi connectivity index (χ1v) is 4.54. The zero-order valence-corrected chi connectivity index (χ0v) is 8.73. The Morgan fingerprint density at radius 3 is 2.73 bits per heavy atom. The highest BCUT2D eigenvalue weighted by Crippen LogP contribution is 2.30. The monoisotopic (exact) mass is 207 g/mol. The second-order valence-electron chi connectivity index (χ2n) is 3.03. The van der Waals surface area contributed by atoms with Crippen LogP contribution in [0, 0.1) is 11.3 Å². The molecule has 80 valence electrons. The van der Waals surface area contributed by atoms with Crippen LogP contribution in [0.5, 0.6) is 11.5 Å². The molecule has 0 aliphatic rings. The highest BCUT2D eigenvalue weighted by atomic mass is 16.5. The lowest BCUT2D eigenvalue weighted by atomic mass is 10.1. The summed E-state index contributed by atoms with van der Waals surface area (Å²) in [7, 11) is 1.51. The molecule has 1 atom stereocenters. The van der Waals surface area contributed by atoms with Gasteiger partial charge in [0, 0.05) is 0 Å². The van der Waals surface area contributed by atoms with Gasteiger partial charge in [-0.2, -0.15) is 5.26 Å². The van der Waals surface area contributed by atoms with Crippen LogP contribution in [0.15, 0.2) is 18.2 Å². The molecule has 0 aliphatic heterocycles. The van der Waals surface area contributed by atoms with Crippen molar-refractivity contribution in [3.8, 4) is 17.6 Å². The Kier molecular flexibility index (Phi) is 3.95. The lowest BCUT2D eigenvalue weighted by Gasteiger charge is -2.11. The van der Waals surface area contributed by atoms with Crippen LogP contribution in [0.3, 0.4) is 0 Å². The van der Waals surface area contributed by atoms with E-state index in [9.17, 15) is 5.11 Å². The lowest BCUT2D eigenvalue weighted by molar-refractivity contribution is 0.198. The van der Waals surface area contributed by atoms with Gasteiger partial charge in [-0.15, -0.1) is 0 Å². The van der Waals surface area contributed by atoms with Crippen molar-refractivity contribution in [2.45, 2.75) is 13.0 Å². The van der Waals surface area contributed by atoms with Gasteiger partial charge in [-0.25, -0.2) is 0 Å². The van der Waals surface area contributed by atoms with Crippen molar-refractivity contribution < 1.29 is 14.6 Å². The Bertz CT molecular complexity index is 369. The van der Waals surface area contributed by atoms with E-state index in [2.05, 4.69) is 0 Å². The van der Waals surface area contributed by atoms with Gasteiger partial charge in [0.2, 0.25) is 0 Å². The first-order chi connectivity index (χ1) is 7.19. The molecule has 1 rings (SSSR count). The van der Waals surface area contributed by atoms with E-state index in [1.165, 1.54) is 7.11 Å². The number of aliphatic hydroxyl groups excluding tert-OH is 1. The van der Waals surface area contributed by atoms with Crippen molar-refractivity contribution in [2.24, 2.45) is 0 Å². The van der Waals surface area contributed by atoms with Crippen LogP contribution in [0.4, 0.5) is 0 Å². The van der Waals surface area contributed by atoms with Gasteiger partial charge >= 0.3 is 0 Å². The molecule has 0 unspecified atom stereocenters. The van der Waals surface area contributed by atoms with E-state index < -0.39 is 6.10 Å². The van der Waals surface area contributed by atoms with Crippen LogP contribution in [0.25, 0.3) is 0 Å². The Morgan fingerprint density at radius 2 is 2.20 bits per heavy atom. The second kappa shape index (κ2) is 5.23. The molecule has 0 heterocycles. The van der Waals surface area contributed by atoms with E-state index in [4.69, 9.17) is 14.7 Å². The summed E-state index contributed by atoms with van der Waals surface area (Å²) in [6.07, 6.45) is -0.552. The molecule has 15 heavy (non-hydrogen) atoms. The number of hydrogen-bond acceptors (Lipinski definition) is 4. The summed E-state index contributed by atoms with van der Waals surface area (Å²) < 4.78 is 10.2. The van der Waals surface area contributed by atoms with E-state index in [1.54, 1.807) is 25.1 Å². The van der Waals surface area contributed by atoms with Crippen molar-refractivity contribution in [1.82, 2.24) is 0 Å². The van der Waals surface area contributed by atoms with E-state index in [-0.39, 0.29) is 6.61 Å². The zero-order valence-electron chi connectivity index (χ0n) is 8.73. The molecule has 0 saturated carbocycles. The van der Waals surface area contributed by atoms with Gasteiger partial charge in [-0.05, 0) is 24.6 Å². The van der Waals surface area contributed by atoms with Crippen LogP contribution in [-0.2, 0) is 0 Å². The molecular weight excluding hydrogens is 194 g/mol. The SMILES string of the molecule is COc1cc([C@H](C)O)ccc1OCC#N. The van der Waals surface area contributed by atoms with Gasteiger partial charge in [0.15, 0.2) is 18.1 Å². The number of aliphatic hydroxyl groups is 1. The Morgan fingerprint density at radius 1 is 1.47 bits per heavy atom. The maximum atomic E-state index is 9.36. The fourth-order valence-electron chi connectivity index (χ4n) is 1.17. The Balaban J connectivity index is 2.94. The molecule has 0 aromatic heterocycles. The minimum Gasteiger partial charge on any atom is -0.493 e. The number of nitrogens with zero attached hydrogens (tertiary/aromatic N) is 1. The molecule has 0 saturated heterocycles. The summed E-state index contributed by atoms with van der Waals surface area (Å²) in [6, 6.07) is 6.98.